The van der Waals surface area contributed by atoms with Gasteiger partial charge in [-0.15, -0.1) is 0 Å². The van der Waals surface area contributed by atoms with Crippen LogP contribution < -0.4 is 5.32 Å². The Kier molecular flexibility index (Phi) is 4.68. The highest BCUT2D eigenvalue weighted by Gasteiger charge is 2.33. The lowest BCUT2D eigenvalue weighted by Crippen LogP contribution is -2.51. The lowest BCUT2D eigenvalue weighted by molar-refractivity contribution is -0.141. The number of carbonyl (C=O) groups excluding carboxylic acids is 1. The zero-order chi connectivity index (χ0) is 13.1. The van der Waals surface area contributed by atoms with Crippen LogP contribution >= 0.6 is 0 Å². The maximum absolute atomic E-state index is 12.1. The second-order valence-electron chi connectivity index (χ2n) is 6.16. The molecular weight excluding hydrogens is 206 g/mol. The molecule has 0 aliphatic rings. The molecule has 1 atom stereocenters. The molecule has 2 N–H and O–H groups in total. The van der Waals surface area contributed by atoms with Crippen LogP contribution in [0.4, 0.5) is 0 Å². The zero-order valence-corrected chi connectivity index (χ0v) is 11.0. The van der Waals surface area contributed by atoms with E-state index in [9.17, 15) is 9.59 Å². The molecule has 0 aromatic rings. The predicted octanol–water partition coefficient (Wildman–Crippen LogP) is 1.83. The van der Waals surface area contributed by atoms with E-state index in [4.69, 9.17) is 5.11 Å². The number of hydrogen-bond acceptors (Lipinski definition) is 3. The van der Waals surface area contributed by atoms with Crippen molar-refractivity contribution in [3.05, 3.63) is 0 Å². The summed E-state index contributed by atoms with van der Waals surface area (Å²) in [5, 5.41) is 11.9. The number of hydrogen-bond donors (Lipinski definition) is 2. The van der Waals surface area contributed by atoms with Gasteiger partial charge in [0.05, 0.1) is 12.5 Å². The van der Waals surface area contributed by atoms with Crippen LogP contribution in [0.1, 0.15) is 48.0 Å². The van der Waals surface area contributed by atoms with E-state index in [0.29, 0.717) is 0 Å². The van der Waals surface area contributed by atoms with Gasteiger partial charge in [0.15, 0.2) is 5.78 Å². The molecule has 4 nitrogen and oxygen atoms in total. The largest absolute Gasteiger partial charge is 0.481 e. The monoisotopic (exact) mass is 229 g/mol. The van der Waals surface area contributed by atoms with Crippen LogP contribution in [0.25, 0.3) is 0 Å². The molecule has 0 saturated heterocycles. The van der Waals surface area contributed by atoms with E-state index in [1.54, 1.807) is 20.8 Å². The molecule has 0 bridgehead atoms. The van der Waals surface area contributed by atoms with Crippen molar-refractivity contribution in [2.75, 3.05) is 0 Å². The fourth-order valence-corrected chi connectivity index (χ4v) is 1.43. The van der Waals surface area contributed by atoms with Crippen molar-refractivity contribution in [3.63, 3.8) is 0 Å². The molecule has 0 aliphatic heterocycles. The Hall–Kier alpha value is -0.900. The van der Waals surface area contributed by atoms with Gasteiger partial charge >= 0.3 is 5.97 Å². The molecule has 0 aliphatic carbocycles. The number of nitrogens with one attached hydrogen (secondary N) is 1. The van der Waals surface area contributed by atoms with Crippen LogP contribution in [-0.2, 0) is 9.59 Å². The van der Waals surface area contributed by atoms with Crippen LogP contribution in [0.15, 0.2) is 0 Å². The third-order valence-corrected chi connectivity index (χ3v) is 2.04. The molecule has 1 unspecified atom stereocenters. The van der Waals surface area contributed by atoms with Crippen LogP contribution in [0.3, 0.4) is 0 Å². The first kappa shape index (κ1) is 15.1. The van der Waals surface area contributed by atoms with Crippen LogP contribution in [-0.4, -0.2) is 28.4 Å². The number of carboxylic acid groups (broad SMARTS) is 1. The Morgan fingerprint density at radius 3 is 1.81 bits per heavy atom. The van der Waals surface area contributed by atoms with Crippen molar-refractivity contribution in [1.82, 2.24) is 5.32 Å². The van der Waals surface area contributed by atoms with Crippen molar-refractivity contribution in [2.45, 2.75) is 59.5 Å². The van der Waals surface area contributed by atoms with E-state index >= 15 is 0 Å². The third-order valence-electron chi connectivity index (χ3n) is 2.04. The Morgan fingerprint density at radius 2 is 1.56 bits per heavy atom. The Morgan fingerprint density at radius 1 is 1.12 bits per heavy atom. The van der Waals surface area contributed by atoms with Gasteiger partial charge in [-0.25, -0.2) is 0 Å². The fraction of sp³-hybridized carbons (Fsp3) is 0.833. The van der Waals surface area contributed by atoms with Gasteiger partial charge in [-0.05, 0) is 20.8 Å². The zero-order valence-electron chi connectivity index (χ0n) is 11.0. The number of carboxylic acids is 1. The second-order valence-corrected chi connectivity index (χ2v) is 6.16. The van der Waals surface area contributed by atoms with E-state index in [-0.39, 0.29) is 17.7 Å². The molecule has 16 heavy (non-hydrogen) atoms. The number of aliphatic carboxylic acids is 1. The van der Waals surface area contributed by atoms with Gasteiger partial charge in [0.2, 0.25) is 0 Å². The first-order valence-corrected chi connectivity index (χ1v) is 5.47. The summed E-state index contributed by atoms with van der Waals surface area (Å²) in [5.74, 6) is -1.02. The Balaban J connectivity index is 4.81. The quantitative estimate of drug-likeness (QED) is 0.772. The number of Topliss-reactive ketones (excluding diaryl/α,β-unsaturated/α-hetero) is 1. The number of carbonyl (C=O) groups is 2. The molecule has 0 amide bonds. The van der Waals surface area contributed by atoms with Crippen molar-refractivity contribution >= 4 is 11.8 Å². The molecule has 94 valence electrons. The predicted molar refractivity (Wildman–Crippen MR) is 63.4 cm³/mol. The van der Waals surface area contributed by atoms with Crippen LogP contribution in [0.2, 0.25) is 0 Å². The number of rotatable bonds is 4. The van der Waals surface area contributed by atoms with Crippen molar-refractivity contribution in [1.29, 1.82) is 0 Å². The van der Waals surface area contributed by atoms with E-state index in [1.807, 2.05) is 20.8 Å². The highest BCUT2D eigenvalue weighted by molar-refractivity contribution is 5.91. The molecule has 0 radical (unpaired) electrons. The fourth-order valence-electron chi connectivity index (χ4n) is 1.43. The summed E-state index contributed by atoms with van der Waals surface area (Å²) in [5.41, 5.74) is -0.806. The van der Waals surface area contributed by atoms with Gasteiger partial charge in [-0.3, -0.25) is 9.59 Å². The minimum Gasteiger partial charge on any atom is -0.481 e. The topological polar surface area (TPSA) is 66.4 Å². The summed E-state index contributed by atoms with van der Waals surface area (Å²) < 4.78 is 0. The van der Waals surface area contributed by atoms with Crippen LogP contribution in [0, 0.1) is 5.41 Å². The van der Waals surface area contributed by atoms with Gasteiger partial charge in [-0.1, -0.05) is 20.8 Å². The van der Waals surface area contributed by atoms with Gasteiger partial charge in [0, 0.05) is 11.0 Å². The van der Waals surface area contributed by atoms with Crippen molar-refractivity contribution in [3.8, 4) is 0 Å². The molecule has 0 fully saturated rings. The molecule has 0 spiro atoms. The van der Waals surface area contributed by atoms with Gasteiger partial charge in [-0.2, -0.15) is 0 Å². The summed E-state index contributed by atoms with van der Waals surface area (Å²) >= 11 is 0. The van der Waals surface area contributed by atoms with Gasteiger partial charge in [0.1, 0.15) is 0 Å². The van der Waals surface area contributed by atoms with E-state index < -0.39 is 17.4 Å². The average molecular weight is 229 g/mol. The molecule has 4 heteroatoms. The summed E-state index contributed by atoms with van der Waals surface area (Å²) in [7, 11) is 0. The van der Waals surface area contributed by atoms with E-state index in [1.165, 1.54) is 0 Å². The van der Waals surface area contributed by atoms with Gasteiger partial charge < -0.3 is 10.4 Å². The molecule has 0 rings (SSSR count). The second kappa shape index (κ2) is 4.95. The summed E-state index contributed by atoms with van der Waals surface area (Å²) in [4.78, 5) is 22.8. The summed E-state index contributed by atoms with van der Waals surface area (Å²) in [6.07, 6.45) is -0.173. The average Bonchev–Trinajstić information content (AvgIpc) is 1.96. The normalized spacial score (nSPS) is 14.6. The van der Waals surface area contributed by atoms with Gasteiger partial charge in [0.25, 0.3) is 0 Å². The molecule has 0 saturated carbocycles. The number of ketones is 1. The molecule has 0 aromatic heterocycles. The maximum atomic E-state index is 12.1. The third kappa shape index (κ3) is 5.85. The molecule has 0 aromatic carbocycles. The molecule has 0 heterocycles. The maximum Gasteiger partial charge on any atom is 0.305 e. The minimum absolute atomic E-state index is 0.0650. The van der Waals surface area contributed by atoms with E-state index in [2.05, 4.69) is 5.32 Å². The minimum atomic E-state index is -0.959. The standard InChI is InChI=1S/C12H23NO3/c1-11(2,3)10(16)8(7-9(14)15)13-12(4,5)6/h8,13H,7H2,1-6H3,(H,14,15). The highest BCUT2D eigenvalue weighted by atomic mass is 16.4. The Labute approximate surface area is 97.4 Å². The van der Waals surface area contributed by atoms with Crippen molar-refractivity contribution in [2.24, 2.45) is 5.41 Å². The first-order chi connectivity index (χ1) is 6.93. The lowest BCUT2D eigenvalue weighted by Gasteiger charge is -2.30. The highest BCUT2D eigenvalue weighted by Crippen LogP contribution is 2.19. The smallest absolute Gasteiger partial charge is 0.305 e. The van der Waals surface area contributed by atoms with E-state index in [0.717, 1.165) is 0 Å². The first-order valence-electron chi connectivity index (χ1n) is 5.47. The Bertz CT molecular complexity index is 271. The van der Waals surface area contributed by atoms with Crippen LogP contribution in [0.5, 0.6) is 0 Å². The summed E-state index contributed by atoms with van der Waals surface area (Å²) in [6.45, 7) is 11.1. The molecular formula is C12H23NO3. The SMILES string of the molecule is CC(C)(C)NC(CC(=O)O)C(=O)C(C)(C)C. The summed E-state index contributed by atoms with van der Waals surface area (Å²) in [6, 6.07) is -0.627. The van der Waals surface area contributed by atoms with Crippen molar-refractivity contribution < 1.29 is 14.7 Å². The lowest BCUT2D eigenvalue weighted by atomic mass is 9.84.